The molecule has 86 valence electrons. The lowest BCUT2D eigenvalue weighted by Gasteiger charge is -2.06. The molecule has 16 heavy (non-hydrogen) atoms. The Kier molecular flexibility index (Phi) is 4.36. The van der Waals surface area contributed by atoms with Crippen molar-refractivity contribution in [2.24, 2.45) is 0 Å². The van der Waals surface area contributed by atoms with Gasteiger partial charge in [-0.1, -0.05) is 15.9 Å². The molecule has 1 aromatic heterocycles. The summed E-state index contributed by atoms with van der Waals surface area (Å²) in [5.74, 6) is -1.65. The first-order valence-corrected chi connectivity index (χ1v) is 5.31. The average molecular weight is 291 g/mol. The number of ketones is 1. The largest absolute Gasteiger partial charge is 0.453 e. The standard InChI is InChI=1S/C9H8BrFN2O3/c1-16-9(15)13-8-7(11)5(2-3-12-8)6(14)4-10/h2-3H,4H2,1H3,(H,12,13,15). The van der Waals surface area contributed by atoms with Gasteiger partial charge in [-0.15, -0.1) is 0 Å². The molecule has 0 atom stereocenters. The van der Waals surface area contributed by atoms with Crippen LogP contribution in [-0.4, -0.2) is 29.3 Å². The Morgan fingerprint density at radius 2 is 2.31 bits per heavy atom. The number of hydrogen-bond donors (Lipinski definition) is 1. The van der Waals surface area contributed by atoms with Gasteiger partial charge in [0, 0.05) is 6.20 Å². The van der Waals surface area contributed by atoms with Crippen molar-refractivity contribution in [2.45, 2.75) is 0 Å². The van der Waals surface area contributed by atoms with E-state index in [1.54, 1.807) is 0 Å². The smallest absolute Gasteiger partial charge is 0.412 e. The quantitative estimate of drug-likeness (QED) is 0.683. The molecule has 1 rings (SSSR count). The van der Waals surface area contributed by atoms with Gasteiger partial charge in [0.05, 0.1) is 18.0 Å². The Morgan fingerprint density at radius 1 is 1.62 bits per heavy atom. The Bertz CT molecular complexity index is 425. The maximum atomic E-state index is 13.6. The van der Waals surface area contributed by atoms with Gasteiger partial charge in [-0.05, 0) is 6.07 Å². The molecule has 0 aromatic carbocycles. The van der Waals surface area contributed by atoms with Crippen LogP contribution < -0.4 is 5.32 Å². The Morgan fingerprint density at radius 3 is 2.88 bits per heavy atom. The van der Waals surface area contributed by atoms with Crippen molar-refractivity contribution in [1.82, 2.24) is 4.98 Å². The van der Waals surface area contributed by atoms with Crippen molar-refractivity contribution in [3.8, 4) is 0 Å². The first kappa shape index (κ1) is 12.6. The van der Waals surface area contributed by atoms with Gasteiger partial charge in [-0.25, -0.2) is 14.2 Å². The Balaban J connectivity index is 3.04. The van der Waals surface area contributed by atoms with E-state index in [1.807, 2.05) is 0 Å². The molecular weight excluding hydrogens is 283 g/mol. The molecule has 7 heteroatoms. The lowest BCUT2D eigenvalue weighted by molar-refractivity contribution is 0.101. The van der Waals surface area contributed by atoms with Crippen molar-refractivity contribution >= 4 is 33.6 Å². The number of Topliss-reactive ketones (excluding diaryl/α,β-unsaturated/α-hetero) is 1. The van der Waals surface area contributed by atoms with Crippen molar-refractivity contribution in [2.75, 3.05) is 17.8 Å². The molecule has 0 spiro atoms. The number of methoxy groups -OCH3 is 1. The SMILES string of the molecule is COC(=O)Nc1nccc(C(=O)CBr)c1F. The van der Waals surface area contributed by atoms with Crippen molar-refractivity contribution in [3.05, 3.63) is 23.6 Å². The van der Waals surface area contributed by atoms with Crippen LogP contribution >= 0.6 is 15.9 Å². The van der Waals surface area contributed by atoms with Crippen LogP contribution in [0.3, 0.4) is 0 Å². The van der Waals surface area contributed by atoms with E-state index < -0.39 is 17.7 Å². The zero-order valence-electron chi connectivity index (χ0n) is 8.29. The number of aromatic nitrogens is 1. The highest BCUT2D eigenvalue weighted by atomic mass is 79.9. The first-order chi connectivity index (χ1) is 7.60. The number of pyridine rings is 1. The fraction of sp³-hybridized carbons (Fsp3) is 0.222. The van der Waals surface area contributed by atoms with E-state index in [4.69, 9.17) is 0 Å². The maximum Gasteiger partial charge on any atom is 0.412 e. The van der Waals surface area contributed by atoms with Gasteiger partial charge in [0.2, 0.25) is 0 Å². The normalized spacial score (nSPS) is 9.69. The number of amides is 1. The average Bonchev–Trinajstić information content (AvgIpc) is 2.30. The lowest BCUT2D eigenvalue weighted by Crippen LogP contribution is -2.15. The zero-order chi connectivity index (χ0) is 12.1. The molecule has 0 radical (unpaired) electrons. The number of alkyl halides is 1. The van der Waals surface area contributed by atoms with Crippen LogP contribution in [-0.2, 0) is 4.74 Å². The summed E-state index contributed by atoms with van der Waals surface area (Å²) < 4.78 is 17.9. The molecule has 1 heterocycles. The van der Waals surface area contributed by atoms with Crippen molar-refractivity contribution in [1.29, 1.82) is 0 Å². The maximum absolute atomic E-state index is 13.6. The number of anilines is 1. The van der Waals surface area contributed by atoms with Gasteiger partial charge in [0.1, 0.15) is 0 Å². The Labute approximate surface area is 99.1 Å². The van der Waals surface area contributed by atoms with Crippen molar-refractivity contribution in [3.63, 3.8) is 0 Å². The van der Waals surface area contributed by atoms with E-state index in [9.17, 15) is 14.0 Å². The number of nitrogens with one attached hydrogen (secondary N) is 1. The molecule has 0 fully saturated rings. The van der Waals surface area contributed by atoms with E-state index >= 15 is 0 Å². The topological polar surface area (TPSA) is 68.3 Å². The minimum Gasteiger partial charge on any atom is -0.453 e. The van der Waals surface area contributed by atoms with Crippen molar-refractivity contribution < 1.29 is 18.7 Å². The molecule has 0 saturated heterocycles. The molecule has 0 aliphatic rings. The summed E-state index contributed by atoms with van der Waals surface area (Å²) >= 11 is 2.93. The molecule has 5 nitrogen and oxygen atoms in total. The third kappa shape index (κ3) is 2.75. The summed E-state index contributed by atoms with van der Waals surface area (Å²) in [5.41, 5.74) is -0.140. The number of nitrogens with zero attached hydrogens (tertiary/aromatic N) is 1. The van der Waals surface area contributed by atoms with Gasteiger partial charge in [-0.2, -0.15) is 0 Å². The molecule has 0 unspecified atom stereocenters. The van der Waals surface area contributed by atoms with E-state index in [1.165, 1.54) is 12.3 Å². The second-order valence-corrected chi connectivity index (χ2v) is 3.26. The number of ether oxygens (including phenoxy) is 1. The fourth-order valence-electron chi connectivity index (χ4n) is 0.966. The number of halogens is 2. The summed E-state index contributed by atoms with van der Waals surface area (Å²) in [6.45, 7) is 0. The van der Waals surface area contributed by atoms with Crippen LogP contribution in [0.2, 0.25) is 0 Å². The zero-order valence-corrected chi connectivity index (χ0v) is 9.88. The summed E-state index contributed by atoms with van der Waals surface area (Å²) in [4.78, 5) is 25.7. The summed E-state index contributed by atoms with van der Waals surface area (Å²) in [5, 5.41) is 2.06. The summed E-state index contributed by atoms with van der Waals surface area (Å²) in [7, 11) is 1.14. The highest BCUT2D eigenvalue weighted by Crippen LogP contribution is 2.16. The summed E-state index contributed by atoms with van der Waals surface area (Å²) in [6.07, 6.45) is 0.374. The third-order valence-corrected chi connectivity index (χ3v) is 2.23. The van der Waals surface area contributed by atoms with Crippen LogP contribution in [0.25, 0.3) is 0 Å². The second kappa shape index (κ2) is 5.55. The number of hydrogen-bond acceptors (Lipinski definition) is 4. The minimum atomic E-state index is -0.877. The first-order valence-electron chi connectivity index (χ1n) is 4.18. The van der Waals surface area contributed by atoms with E-state index in [0.29, 0.717) is 0 Å². The third-order valence-electron chi connectivity index (χ3n) is 1.72. The molecular formula is C9H8BrFN2O3. The predicted octanol–water partition coefficient (Wildman–Crippen LogP) is 1.98. The van der Waals surface area contributed by atoms with E-state index in [0.717, 1.165) is 7.11 Å². The van der Waals surface area contributed by atoms with Crippen LogP contribution in [0.5, 0.6) is 0 Å². The monoisotopic (exact) mass is 290 g/mol. The van der Waals surface area contributed by atoms with Crippen LogP contribution in [0.15, 0.2) is 12.3 Å². The fourth-order valence-corrected chi connectivity index (χ4v) is 1.27. The highest BCUT2D eigenvalue weighted by Gasteiger charge is 2.16. The lowest BCUT2D eigenvalue weighted by atomic mass is 10.2. The summed E-state index contributed by atoms with van der Waals surface area (Å²) in [6, 6.07) is 1.24. The van der Waals surface area contributed by atoms with Crippen LogP contribution in [0.4, 0.5) is 15.0 Å². The Hall–Kier alpha value is -1.50. The van der Waals surface area contributed by atoms with Crippen LogP contribution in [0.1, 0.15) is 10.4 Å². The van der Waals surface area contributed by atoms with Gasteiger partial charge in [0.25, 0.3) is 0 Å². The van der Waals surface area contributed by atoms with E-state index in [2.05, 4.69) is 31.0 Å². The van der Waals surface area contributed by atoms with Gasteiger partial charge in [0.15, 0.2) is 17.4 Å². The second-order valence-electron chi connectivity index (χ2n) is 2.69. The predicted molar refractivity (Wildman–Crippen MR) is 58.3 cm³/mol. The van der Waals surface area contributed by atoms with Gasteiger partial charge in [-0.3, -0.25) is 10.1 Å². The number of carbonyl (C=O) groups is 2. The molecule has 0 aliphatic carbocycles. The molecule has 1 amide bonds. The van der Waals surface area contributed by atoms with Crippen LogP contribution in [0, 0.1) is 5.82 Å². The molecule has 1 aromatic rings. The number of carbonyl (C=O) groups excluding carboxylic acids is 2. The molecule has 1 N–H and O–H groups in total. The molecule has 0 saturated carbocycles. The highest BCUT2D eigenvalue weighted by molar-refractivity contribution is 9.09. The van der Waals surface area contributed by atoms with Gasteiger partial charge < -0.3 is 4.74 Å². The van der Waals surface area contributed by atoms with Gasteiger partial charge >= 0.3 is 6.09 Å². The molecule has 0 bridgehead atoms. The number of rotatable bonds is 3. The minimum absolute atomic E-state index is 0.00834. The molecule has 0 aliphatic heterocycles. The van der Waals surface area contributed by atoms with E-state index in [-0.39, 0.29) is 16.7 Å².